The van der Waals surface area contributed by atoms with Crippen LogP contribution in [0.25, 0.3) is 0 Å². The molecular weight excluding hydrogens is 248 g/mol. The minimum atomic E-state index is -0.285. The Balaban J connectivity index is 1.73. The summed E-state index contributed by atoms with van der Waals surface area (Å²) in [5.74, 6) is 0.179. The molecule has 1 aromatic rings. The van der Waals surface area contributed by atoms with Crippen LogP contribution in [0.5, 0.6) is 0 Å². The number of nitrogens with one attached hydrogen (secondary N) is 2. The first-order valence-electron chi connectivity index (χ1n) is 6.48. The Morgan fingerprint density at radius 2 is 2.06 bits per heavy atom. The number of hydrogen-bond donors (Lipinski definition) is 2. The Bertz CT molecular complexity index is 447. The minimum Gasteiger partial charge on any atom is -0.351 e. The zero-order valence-electron chi connectivity index (χ0n) is 10.2. The zero-order valence-corrected chi connectivity index (χ0v) is 11.0. The fourth-order valence-electron chi connectivity index (χ4n) is 2.64. The number of hydrogen-bond acceptors (Lipinski definition) is 2. The molecule has 0 spiro atoms. The van der Waals surface area contributed by atoms with Crippen LogP contribution in [0.3, 0.4) is 0 Å². The number of benzene rings is 1. The number of halogens is 1. The number of amides is 1. The van der Waals surface area contributed by atoms with E-state index in [2.05, 4.69) is 10.6 Å². The van der Waals surface area contributed by atoms with Crippen molar-refractivity contribution in [1.29, 1.82) is 0 Å². The van der Waals surface area contributed by atoms with E-state index < -0.39 is 0 Å². The van der Waals surface area contributed by atoms with Crippen LogP contribution in [-0.4, -0.2) is 25.0 Å². The van der Waals surface area contributed by atoms with Gasteiger partial charge in [0, 0.05) is 17.6 Å². The Labute approximate surface area is 112 Å². The highest BCUT2D eigenvalue weighted by atomic mass is 35.5. The van der Waals surface area contributed by atoms with Gasteiger partial charge in [-0.15, -0.1) is 0 Å². The lowest BCUT2D eigenvalue weighted by molar-refractivity contribution is -0.124. The molecule has 0 radical (unpaired) electrons. The summed E-state index contributed by atoms with van der Waals surface area (Å²) in [7, 11) is 0. The molecule has 0 bridgehead atoms. The first-order chi connectivity index (χ1) is 8.71. The highest BCUT2D eigenvalue weighted by Gasteiger charge is 2.51. The highest BCUT2D eigenvalue weighted by molar-refractivity contribution is 6.30. The smallest absolute Gasteiger partial charge is 0.230 e. The molecule has 1 aliphatic heterocycles. The van der Waals surface area contributed by atoms with Gasteiger partial charge in [0.25, 0.3) is 0 Å². The van der Waals surface area contributed by atoms with Crippen molar-refractivity contribution in [1.82, 2.24) is 10.6 Å². The molecule has 18 heavy (non-hydrogen) atoms. The Kier molecular flexibility index (Phi) is 3.04. The standard InChI is InChI=1S/C14H17ClN2O/c15-11-3-1-10(2-4-11)14(6-7-14)13(18)17-12-5-8-16-9-12/h1-4,12,16H,5-9H2,(H,17,18). The Morgan fingerprint density at radius 3 is 2.61 bits per heavy atom. The first-order valence-corrected chi connectivity index (χ1v) is 6.86. The molecule has 4 heteroatoms. The van der Waals surface area contributed by atoms with Crippen LogP contribution in [0.4, 0.5) is 0 Å². The van der Waals surface area contributed by atoms with Crippen molar-refractivity contribution < 1.29 is 4.79 Å². The predicted octanol–water partition coefficient (Wildman–Crippen LogP) is 1.85. The second-order valence-corrected chi connectivity index (χ2v) is 5.69. The molecule has 1 amide bonds. The van der Waals surface area contributed by atoms with Crippen LogP contribution in [0.2, 0.25) is 5.02 Å². The van der Waals surface area contributed by atoms with Crippen LogP contribution in [-0.2, 0) is 10.2 Å². The minimum absolute atomic E-state index is 0.179. The van der Waals surface area contributed by atoms with Gasteiger partial charge in [-0.2, -0.15) is 0 Å². The van der Waals surface area contributed by atoms with E-state index in [1.54, 1.807) is 0 Å². The van der Waals surface area contributed by atoms with E-state index in [-0.39, 0.29) is 11.3 Å². The molecule has 3 rings (SSSR count). The van der Waals surface area contributed by atoms with E-state index in [1.807, 2.05) is 24.3 Å². The summed E-state index contributed by atoms with van der Waals surface area (Å²) in [6.07, 6.45) is 2.92. The largest absolute Gasteiger partial charge is 0.351 e. The third-order valence-corrected chi connectivity index (χ3v) is 4.23. The zero-order chi connectivity index (χ0) is 12.6. The molecule has 1 aromatic carbocycles. The summed E-state index contributed by atoms with van der Waals surface area (Å²) in [5, 5.41) is 7.14. The van der Waals surface area contributed by atoms with E-state index in [0.29, 0.717) is 6.04 Å². The molecular formula is C14H17ClN2O. The van der Waals surface area contributed by atoms with Crippen LogP contribution < -0.4 is 10.6 Å². The Morgan fingerprint density at radius 1 is 1.33 bits per heavy atom. The van der Waals surface area contributed by atoms with Gasteiger partial charge in [0.05, 0.1) is 5.41 Å². The normalized spacial score (nSPS) is 24.8. The fraction of sp³-hybridized carbons (Fsp3) is 0.500. The summed E-state index contributed by atoms with van der Waals surface area (Å²) in [4.78, 5) is 12.4. The average molecular weight is 265 g/mol. The van der Waals surface area contributed by atoms with Gasteiger partial charge >= 0.3 is 0 Å². The van der Waals surface area contributed by atoms with Gasteiger partial charge < -0.3 is 10.6 Å². The molecule has 1 atom stereocenters. The van der Waals surface area contributed by atoms with E-state index in [9.17, 15) is 4.79 Å². The first kappa shape index (κ1) is 12.0. The second kappa shape index (κ2) is 4.56. The quantitative estimate of drug-likeness (QED) is 0.875. The average Bonchev–Trinajstić information content (AvgIpc) is 3.03. The summed E-state index contributed by atoms with van der Waals surface area (Å²) >= 11 is 5.89. The number of carbonyl (C=O) groups is 1. The van der Waals surface area contributed by atoms with E-state index in [1.165, 1.54) is 0 Å². The van der Waals surface area contributed by atoms with Gasteiger partial charge in [0.15, 0.2) is 0 Å². The monoisotopic (exact) mass is 264 g/mol. The highest BCUT2D eigenvalue weighted by Crippen LogP contribution is 2.48. The molecule has 96 valence electrons. The molecule has 1 saturated heterocycles. The topological polar surface area (TPSA) is 41.1 Å². The van der Waals surface area contributed by atoms with Crippen LogP contribution >= 0.6 is 11.6 Å². The fourth-order valence-corrected chi connectivity index (χ4v) is 2.77. The Hall–Kier alpha value is -1.06. The van der Waals surface area contributed by atoms with E-state index in [4.69, 9.17) is 11.6 Å². The van der Waals surface area contributed by atoms with Gasteiger partial charge in [0.1, 0.15) is 0 Å². The maximum atomic E-state index is 12.4. The molecule has 1 unspecified atom stereocenters. The molecule has 1 aliphatic carbocycles. The lowest BCUT2D eigenvalue weighted by Crippen LogP contribution is -2.42. The lowest BCUT2D eigenvalue weighted by Gasteiger charge is -2.19. The predicted molar refractivity (Wildman–Crippen MR) is 71.8 cm³/mol. The lowest BCUT2D eigenvalue weighted by atomic mass is 9.94. The molecule has 2 aliphatic rings. The molecule has 0 aromatic heterocycles. The van der Waals surface area contributed by atoms with Crippen molar-refractivity contribution in [2.75, 3.05) is 13.1 Å². The van der Waals surface area contributed by atoms with Gasteiger partial charge in [0.2, 0.25) is 5.91 Å². The van der Waals surface area contributed by atoms with Crippen LogP contribution in [0.15, 0.2) is 24.3 Å². The van der Waals surface area contributed by atoms with Crippen LogP contribution in [0, 0.1) is 0 Å². The van der Waals surface area contributed by atoms with Crippen molar-refractivity contribution >= 4 is 17.5 Å². The molecule has 2 fully saturated rings. The van der Waals surface area contributed by atoms with E-state index >= 15 is 0 Å². The van der Waals surface area contributed by atoms with Gasteiger partial charge in [-0.05, 0) is 43.5 Å². The van der Waals surface area contributed by atoms with Gasteiger partial charge in [-0.3, -0.25) is 4.79 Å². The third-order valence-electron chi connectivity index (χ3n) is 3.98. The number of rotatable bonds is 3. The second-order valence-electron chi connectivity index (χ2n) is 5.25. The summed E-state index contributed by atoms with van der Waals surface area (Å²) in [5.41, 5.74) is 0.808. The van der Waals surface area contributed by atoms with Gasteiger partial charge in [-0.1, -0.05) is 23.7 Å². The molecule has 3 nitrogen and oxygen atoms in total. The molecule has 1 saturated carbocycles. The van der Waals surface area contributed by atoms with E-state index in [0.717, 1.165) is 42.9 Å². The summed E-state index contributed by atoms with van der Waals surface area (Å²) < 4.78 is 0. The van der Waals surface area contributed by atoms with Crippen molar-refractivity contribution in [3.63, 3.8) is 0 Å². The maximum Gasteiger partial charge on any atom is 0.230 e. The number of carbonyl (C=O) groups excluding carboxylic acids is 1. The van der Waals surface area contributed by atoms with Crippen molar-refractivity contribution in [3.8, 4) is 0 Å². The van der Waals surface area contributed by atoms with Crippen molar-refractivity contribution in [3.05, 3.63) is 34.9 Å². The van der Waals surface area contributed by atoms with Crippen molar-refractivity contribution in [2.45, 2.75) is 30.7 Å². The van der Waals surface area contributed by atoms with Gasteiger partial charge in [-0.25, -0.2) is 0 Å². The SMILES string of the molecule is O=C(NC1CCNC1)C1(c2ccc(Cl)cc2)CC1. The summed E-state index contributed by atoms with van der Waals surface area (Å²) in [6, 6.07) is 7.97. The van der Waals surface area contributed by atoms with Crippen molar-refractivity contribution in [2.24, 2.45) is 0 Å². The molecule has 2 N–H and O–H groups in total. The summed E-state index contributed by atoms with van der Waals surface area (Å²) in [6.45, 7) is 1.89. The van der Waals surface area contributed by atoms with Crippen LogP contribution in [0.1, 0.15) is 24.8 Å². The third kappa shape index (κ3) is 2.13. The molecule has 1 heterocycles. The maximum absolute atomic E-state index is 12.4.